The summed E-state index contributed by atoms with van der Waals surface area (Å²) < 4.78 is 26.7. The molecule has 3 aromatic carbocycles. The molecule has 0 aromatic heterocycles. The molecule has 1 saturated carbocycles. The first-order valence-electron chi connectivity index (χ1n) is 14.3. The van der Waals surface area contributed by atoms with Crippen molar-refractivity contribution in [3.63, 3.8) is 0 Å². The number of rotatable bonds is 13. The van der Waals surface area contributed by atoms with Crippen LogP contribution in [0.1, 0.15) is 71.2 Å². The van der Waals surface area contributed by atoms with E-state index in [1.807, 2.05) is 36.4 Å². The first-order chi connectivity index (χ1) is 20.2. The molecule has 0 saturated heterocycles. The largest absolute Gasteiger partial charge is 0.465 e. The summed E-state index contributed by atoms with van der Waals surface area (Å²) in [4.78, 5) is 26.0. The average Bonchev–Trinajstić information content (AvgIpc) is 3.53. The molecule has 4 N–H and O–H groups in total. The maximum Gasteiger partial charge on any atom is 0.407 e. The van der Waals surface area contributed by atoms with Crippen LogP contribution in [0.3, 0.4) is 0 Å². The lowest BCUT2D eigenvalue weighted by molar-refractivity contribution is 0.0971. The van der Waals surface area contributed by atoms with Crippen LogP contribution in [-0.2, 0) is 16.4 Å². The topological polar surface area (TPSA) is 144 Å². The van der Waals surface area contributed by atoms with Gasteiger partial charge in [-0.1, -0.05) is 79.6 Å². The number of benzene rings is 3. The highest BCUT2D eigenvalue weighted by Crippen LogP contribution is 2.38. The average molecular weight is 595 g/mol. The quantitative estimate of drug-likeness (QED) is 0.224. The third kappa shape index (κ3) is 8.40. The van der Waals surface area contributed by atoms with Gasteiger partial charge in [0.15, 0.2) is 0 Å². The number of amides is 2. The second-order valence-corrected chi connectivity index (χ2v) is 12.6. The minimum absolute atomic E-state index is 0.0238. The summed E-state index contributed by atoms with van der Waals surface area (Å²) in [5.41, 5.74) is 4.62. The number of carbonyl (C=O) groups excluding carboxylic acids is 1. The Morgan fingerprint density at radius 1 is 0.952 bits per heavy atom. The van der Waals surface area contributed by atoms with Gasteiger partial charge in [0.05, 0.1) is 18.4 Å². The number of nitrogens with zero attached hydrogens (tertiary/aromatic N) is 1. The van der Waals surface area contributed by atoms with Crippen molar-refractivity contribution in [1.82, 2.24) is 9.62 Å². The molecule has 1 aliphatic rings. The van der Waals surface area contributed by atoms with Crippen LogP contribution in [0.2, 0.25) is 0 Å². The zero-order chi connectivity index (χ0) is 30.1. The number of sulfonamides is 1. The van der Waals surface area contributed by atoms with Gasteiger partial charge < -0.3 is 20.2 Å². The molecule has 0 spiro atoms. The van der Waals surface area contributed by atoms with Crippen molar-refractivity contribution >= 4 is 22.0 Å². The van der Waals surface area contributed by atoms with Crippen molar-refractivity contribution in [3.8, 4) is 11.1 Å². The number of carboxylic acid groups (broad SMARTS) is 1. The zero-order valence-corrected chi connectivity index (χ0v) is 24.3. The molecule has 0 bridgehead atoms. The Hall–Kier alpha value is -3.73. The van der Waals surface area contributed by atoms with Crippen LogP contribution in [0.5, 0.6) is 0 Å². The third-order valence-electron chi connectivity index (χ3n) is 7.72. The Morgan fingerprint density at radius 2 is 1.62 bits per heavy atom. The second-order valence-electron chi connectivity index (χ2n) is 10.7. The van der Waals surface area contributed by atoms with Crippen LogP contribution in [0.25, 0.3) is 11.1 Å². The van der Waals surface area contributed by atoms with Crippen LogP contribution in [-0.4, -0.2) is 66.1 Å². The van der Waals surface area contributed by atoms with Crippen molar-refractivity contribution in [1.29, 1.82) is 0 Å². The Labute approximate surface area is 246 Å². The Bertz CT molecular complexity index is 1450. The summed E-state index contributed by atoms with van der Waals surface area (Å²) >= 11 is 0. The standard InChI is InChI=1S/C32H38N2O7S/c35-19-6-20-42(40,41)33-31(37)28-16-15-27(21-29(28)25-7-4-5-8-25)24-13-11-23(12-14-24)17-18-34(32(38)39)22-30(36)26-9-2-1-3-10-26/h1-3,9-16,21,25,30,35-36H,4-8,17-20,22H2,(H,33,37)(H,38,39)/t30-/m0/s1. The molecular weight excluding hydrogens is 556 g/mol. The lowest BCUT2D eigenvalue weighted by Crippen LogP contribution is -2.35. The van der Waals surface area contributed by atoms with Gasteiger partial charge in [0.25, 0.3) is 5.91 Å². The second kappa shape index (κ2) is 14.4. The molecule has 3 aromatic rings. The first-order valence-corrected chi connectivity index (χ1v) is 15.9. The molecule has 0 aliphatic heterocycles. The Morgan fingerprint density at radius 3 is 2.26 bits per heavy atom. The lowest BCUT2D eigenvalue weighted by Gasteiger charge is -2.22. The molecule has 10 heteroatoms. The van der Waals surface area contributed by atoms with Crippen LogP contribution < -0.4 is 4.72 Å². The van der Waals surface area contributed by atoms with Gasteiger partial charge in [-0.3, -0.25) is 4.79 Å². The minimum Gasteiger partial charge on any atom is -0.465 e. The van der Waals surface area contributed by atoms with E-state index in [0.717, 1.165) is 47.9 Å². The number of aliphatic hydroxyl groups is 2. The maximum atomic E-state index is 13.0. The highest BCUT2D eigenvalue weighted by molar-refractivity contribution is 7.90. The van der Waals surface area contributed by atoms with Gasteiger partial charge in [0.2, 0.25) is 10.0 Å². The molecule has 2 amide bonds. The molecule has 0 heterocycles. The third-order valence-corrected chi connectivity index (χ3v) is 9.04. The number of carbonyl (C=O) groups is 2. The molecule has 1 atom stereocenters. The molecule has 9 nitrogen and oxygen atoms in total. The predicted octanol–water partition coefficient (Wildman–Crippen LogP) is 4.71. The fourth-order valence-corrected chi connectivity index (χ4v) is 6.41. The van der Waals surface area contributed by atoms with E-state index in [-0.39, 0.29) is 37.8 Å². The van der Waals surface area contributed by atoms with E-state index in [4.69, 9.17) is 5.11 Å². The zero-order valence-electron chi connectivity index (χ0n) is 23.5. The van der Waals surface area contributed by atoms with Crippen molar-refractivity contribution in [3.05, 3.63) is 95.1 Å². The molecule has 1 fully saturated rings. The van der Waals surface area contributed by atoms with Crippen LogP contribution in [0.15, 0.2) is 72.8 Å². The molecular formula is C32H38N2O7S. The summed E-state index contributed by atoms with van der Waals surface area (Å²) in [5, 5.41) is 29.1. The van der Waals surface area contributed by atoms with E-state index in [9.17, 15) is 28.2 Å². The minimum atomic E-state index is -3.85. The number of aliphatic hydroxyl groups excluding tert-OH is 2. The fraction of sp³-hybridized carbons (Fsp3) is 0.375. The van der Waals surface area contributed by atoms with Gasteiger partial charge in [-0.05, 0) is 65.5 Å². The first kappa shape index (κ1) is 31.2. The van der Waals surface area contributed by atoms with Crippen molar-refractivity contribution in [2.75, 3.05) is 25.4 Å². The van der Waals surface area contributed by atoms with Gasteiger partial charge in [-0.25, -0.2) is 17.9 Å². The van der Waals surface area contributed by atoms with E-state index < -0.39 is 28.1 Å². The Kier molecular flexibility index (Phi) is 10.7. The van der Waals surface area contributed by atoms with Crippen molar-refractivity contribution in [2.24, 2.45) is 0 Å². The Balaban J connectivity index is 1.46. The van der Waals surface area contributed by atoms with Gasteiger partial charge in [-0.2, -0.15) is 0 Å². The highest BCUT2D eigenvalue weighted by atomic mass is 32.2. The van der Waals surface area contributed by atoms with Gasteiger partial charge in [0.1, 0.15) is 0 Å². The summed E-state index contributed by atoms with van der Waals surface area (Å²) in [6.07, 6.45) is 2.49. The number of nitrogens with one attached hydrogen (secondary N) is 1. The van der Waals surface area contributed by atoms with Crippen molar-refractivity contribution in [2.45, 2.75) is 50.5 Å². The lowest BCUT2D eigenvalue weighted by atomic mass is 9.89. The number of hydrogen-bond donors (Lipinski definition) is 4. The monoisotopic (exact) mass is 594 g/mol. The summed E-state index contributed by atoms with van der Waals surface area (Å²) in [5.74, 6) is -0.813. The van der Waals surface area contributed by atoms with E-state index >= 15 is 0 Å². The number of hydrogen-bond acceptors (Lipinski definition) is 6. The highest BCUT2D eigenvalue weighted by Gasteiger charge is 2.25. The molecule has 42 heavy (non-hydrogen) atoms. The van der Waals surface area contributed by atoms with Crippen molar-refractivity contribution < 1.29 is 33.3 Å². The normalized spacial score (nSPS) is 14.4. The summed E-state index contributed by atoms with van der Waals surface area (Å²) in [6.45, 7) is -0.0649. The SMILES string of the molecule is O=C(NS(=O)(=O)CCCO)c1ccc(-c2ccc(CCN(C[C@H](O)c3ccccc3)C(=O)O)cc2)cc1C1CCCC1. The molecule has 0 unspecified atom stereocenters. The van der Waals surface area contributed by atoms with Crippen LogP contribution >= 0.6 is 0 Å². The maximum absolute atomic E-state index is 13.0. The molecule has 1 aliphatic carbocycles. The van der Waals surface area contributed by atoms with E-state index in [2.05, 4.69) is 4.72 Å². The van der Waals surface area contributed by atoms with Crippen LogP contribution in [0, 0.1) is 0 Å². The molecule has 4 rings (SSSR count). The summed E-state index contributed by atoms with van der Waals surface area (Å²) in [6, 6.07) is 22.2. The van der Waals surface area contributed by atoms with E-state index in [1.165, 1.54) is 4.90 Å². The smallest absolute Gasteiger partial charge is 0.407 e. The fourth-order valence-electron chi connectivity index (χ4n) is 5.41. The van der Waals surface area contributed by atoms with Gasteiger partial charge >= 0.3 is 6.09 Å². The van der Waals surface area contributed by atoms with Crippen LogP contribution in [0.4, 0.5) is 4.79 Å². The van der Waals surface area contributed by atoms with Gasteiger partial charge in [0, 0.05) is 18.7 Å². The summed E-state index contributed by atoms with van der Waals surface area (Å²) in [7, 11) is -3.85. The van der Waals surface area contributed by atoms with E-state index in [0.29, 0.717) is 17.5 Å². The predicted molar refractivity (Wildman–Crippen MR) is 161 cm³/mol. The molecule has 224 valence electrons. The molecule has 0 radical (unpaired) electrons. The van der Waals surface area contributed by atoms with E-state index in [1.54, 1.807) is 36.4 Å². The van der Waals surface area contributed by atoms with Gasteiger partial charge in [-0.15, -0.1) is 0 Å².